The summed E-state index contributed by atoms with van der Waals surface area (Å²) in [5.41, 5.74) is 0. The molecule has 0 spiro atoms. The highest BCUT2D eigenvalue weighted by molar-refractivity contribution is 4.99. The van der Waals surface area contributed by atoms with Crippen molar-refractivity contribution in [1.82, 2.24) is 0 Å². The van der Waals surface area contributed by atoms with Gasteiger partial charge < -0.3 is 19.7 Å². The van der Waals surface area contributed by atoms with Crippen LogP contribution in [0, 0.1) is 0 Å². The molecule has 0 aromatic carbocycles. The molecule has 2 saturated heterocycles. The zero-order valence-electron chi connectivity index (χ0n) is 5.43. The van der Waals surface area contributed by atoms with Crippen molar-refractivity contribution in [2.24, 2.45) is 0 Å². The Morgan fingerprint density at radius 2 is 2.40 bits per heavy atom. The first-order valence-electron chi connectivity index (χ1n) is 3.39. The molecule has 10 heavy (non-hydrogen) atoms. The SMILES string of the molecule is OCC(O)C1OCC2OC21. The minimum absolute atomic E-state index is 0.0437. The lowest BCUT2D eigenvalue weighted by atomic mass is 10.1. The molecule has 2 N–H and O–H groups in total. The van der Waals surface area contributed by atoms with Gasteiger partial charge in [-0.15, -0.1) is 0 Å². The second kappa shape index (κ2) is 2.17. The fourth-order valence-electron chi connectivity index (χ4n) is 1.31. The maximum absolute atomic E-state index is 9.10. The molecule has 0 aromatic rings. The Morgan fingerprint density at radius 3 is 2.80 bits per heavy atom. The van der Waals surface area contributed by atoms with Gasteiger partial charge in [-0.2, -0.15) is 0 Å². The molecule has 4 unspecified atom stereocenters. The lowest BCUT2D eigenvalue weighted by Crippen LogP contribution is -2.33. The highest BCUT2D eigenvalue weighted by atomic mass is 16.7. The summed E-state index contributed by atoms with van der Waals surface area (Å²) in [6, 6.07) is 0. The van der Waals surface area contributed by atoms with Gasteiger partial charge in [0, 0.05) is 0 Å². The Kier molecular flexibility index (Phi) is 1.42. The van der Waals surface area contributed by atoms with Crippen molar-refractivity contribution >= 4 is 0 Å². The lowest BCUT2D eigenvalue weighted by molar-refractivity contribution is -0.0655. The van der Waals surface area contributed by atoms with Crippen LogP contribution in [0.2, 0.25) is 0 Å². The zero-order chi connectivity index (χ0) is 7.14. The molecule has 58 valence electrons. The minimum Gasteiger partial charge on any atom is -0.394 e. The molecule has 0 saturated carbocycles. The maximum atomic E-state index is 9.10. The predicted molar refractivity (Wildman–Crippen MR) is 31.5 cm³/mol. The molecule has 0 amide bonds. The standard InChI is InChI=1S/C6H10O4/c7-1-3(8)5-6-4(10-6)2-9-5/h3-8H,1-2H2. The van der Waals surface area contributed by atoms with Gasteiger partial charge in [0.1, 0.15) is 24.4 Å². The average Bonchev–Trinajstić information content (AvgIpc) is 2.62. The Balaban J connectivity index is 1.92. The second-order valence-electron chi connectivity index (χ2n) is 2.69. The van der Waals surface area contributed by atoms with E-state index in [2.05, 4.69) is 0 Å². The lowest BCUT2D eigenvalue weighted by Gasteiger charge is -2.15. The number of hydrogen-bond acceptors (Lipinski definition) is 4. The normalized spacial score (nSPS) is 46.8. The van der Waals surface area contributed by atoms with Crippen molar-refractivity contribution in [2.45, 2.75) is 24.4 Å². The maximum Gasteiger partial charge on any atom is 0.115 e. The van der Waals surface area contributed by atoms with Crippen molar-refractivity contribution in [1.29, 1.82) is 0 Å². The Labute approximate surface area is 58.4 Å². The van der Waals surface area contributed by atoms with Gasteiger partial charge in [-0.25, -0.2) is 0 Å². The molecule has 0 aromatic heterocycles. The number of fused-ring (bicyclic) bond motifs is 1. The Morgan fingerprint density at radius 1 is 1.60 bits per heavy atom. The van der Waals surface area contributed by atoms with Crippen LogP contribution in [0.25, 0.3) is 0 Å². The van der Waals surface area contributed by atoms with E-state index >= 15 is 0 Å². The van der Waals surface area contributed by atoms with E-state index in [1.165, 1.54) is 0 Å². The first-order chi connectivity index (χ1) is 4.83. The molecule has 4 heteroatoms. The molecular formula is C6H10O4. The van der Waals surface area contributed by atoms with E-state index < -0.39 is 6.10 Å². The molecule has 2 aliphatic heterocycles. The van der Waals surface area contributed by atoms with Crippen molar-refractivity contribution in [3.05, 3.63) is 0 Å². The average molecular weight is 146 g/mol. The van der Waals surface area contributed by atoms with Crippen LogP contribution >= 0.6 is 0 Å². The summed E-state index contributed by atoms with van der Waals surface area (Å²) in [6.07, 6.45) is -0.846. The Bertz CT molecular complexity index is 138. The van der Waals surface area contributed by atoms with Crippen LogP contribution in [-0.2, 0) is 9.47 Å². The summed E-state index contributed by atoms with van der Waals surface area (Å²) in [4.78, 5) is 0. The largest absolute Gasteiger partial charge is 0.394 e. The molecular weight excluding hydrogens is 136 g/mol. The van der Waals surface area contributed by atoms with Crippen molar-refractivity contribution in [3.63, 3.8) is 0 Å². The molecule has 0 bridgehead atoms. The molecule has 0 aliphatic carbocycles. The van der Waals surface area contributed by atoms with Gasteiger partial charge in [-0.3, -0.25) is 0 Å². The zero-order valence-corrected chi connectivity index (χ0v) is 5.43. The van der Waals surface area contributed by atoms with Gasteiger partial charge in [-0.05, 0) is 0 Å². The monoisotopic (exact) mass is 146 g/mol. The van der Waals surface area contributed by atoms with E-state index in [1.807, 2.05) is 0 Å². The van der Waals surface area contributed by atoms with Crippen molar-refractivity contribution in [2.75, 3.05) is 13.2 Å². The van der Waals surface area contributed by atoms with E-state index in [0.717, 1.165) is 0 Å². The number of aliphatic hydroxyl groups excluding tert-OH is 2. The summed E-state index contributed by atoms with van der Waals surface area (Å²) in [6.45, 7) is 0.309. The van der Waals surface area contributed by atoms with Crippen molar-refractivity contribution in [3.8, 4) is 0 Å². The second-order valence-corrected chi connectivity index (χ2v) is 2.69. The molecule has 0 radical (unpaired) electrons. The fraction of sp³-hybridized carbons (Fsp3) is 1.00. The highest BCUT2D eigenvalue weighted by Gasteiger charge is 2.53. The summed E-state index contributed by atoms with van der Waals surface area (Å²) in [5.74, 6) is 0. The number of ether oxygens (including phenoxy) is 2. The smallest absolute Gasteiger partial charge is 0.115 e. The van der Waals surface area contributed by atoms with Gasteiger partial charge in [0.25, 0.3) is 0 Å². The van der Waals surface area contributed by atoms with Crippen LogP contribution in [0.4, 0.5) is 0 Å². The first kappa shape index (κ1) is 6.54. The van der Waals surface area contributed by atoms with E-state index in [4.69, 9.17) is 19.7 Å². The Hall–Kier alpha value is -0.160. The van der Waals surface area contributed by atoms with Crippen LogP contribution in [0.15, 0.2) is 0 Å². The van der Waals surface area contributed by atoms with Gasteiger partial charge in [0.2, 0.25) is 0 Å². The third-order valence-corrected chi connectivity index (χ3v) is 1.96. The predicted octanol–water partition coefficient (Wildman–Crippen LogP) is -1.49. The number of epoxide rings is 1. The van der Waals surface area contributed by atoms with E-state index in [9.17, 15) is 0 Å². The topological polar surface area (TPSA) is 62.2 Å². The fourth-order valence-corrected chi connectivity index (χ4v) is 1.31. The quantitative estimate of drug-likeness (QED) is 0.466. The molecule has 4 nitrogen and oxygen atoms in total. The van der Waals surface area contributed by atoms with Crippen LogP contribution < -0.4 is 0 Å². The van der Waals surface area contributed by atoms with Gasteiger partial charge in [0.15, 0.2) is 0 Å². The minimum atomic E-state index is -0.780. The number of rotatable bonds is 2. The van der Waals surface area contributed by atoms with Gasteiger partial charge >= 0.3 is 0 Å². The van der Waals surface area contributed by atoms with Crippen molar-refractivity contribution < 1.29 is 19.7 Å². The third-order valence-electron chi connectivity index (χ3n) is 1.96. The third kappa shape index (κ3) is 0.845. The van der Waals surface area contributed by atoms with E-state index in [-0.39, 0.29) is 24.9 Å². The van der Waals surface area contributed by atoms with E-state index in [0.29, 0.717) is 6.61 Å². The number of hydrogen-bond donors (Lipinski definition) is 2. The van der Waals surface area contributed by atoms with Crippen LogP contribution in [0.3, 0.4) is 0 Å². The van der Waals surface area contributed by atoms with Gasteiger partial charge in [-0.1, -0.05) is 0 Å². The molecule has 2 rings (SSSR count). The molecule has 2 heterocycles. The molecule has 2 fully saturated rings. The first-order valence-corrected chi connectivity index (χ1v) is 3.39. The molecule has 2 aliphatic rings. The van der Waals surface area contributed by atoms with Crippen LogP contribution in [0.1, 0.15) is 0 Å². The number of aliphatic hydroxyl groups is 2. The highest BCUT2D eigenvalue weighted by Crippen LogP contribution is 2.35. The summed E-state index contributed by atoms with van der Waals surface area (Å²) >= 11 is 0. The van der Waals surface area contributed by atoms with Crippen LogP contribution in [-0.4, -0.2) is 47.8 Å². The summed E-state index contributed by atoms with van der Waals surface area (Å²) < 4.78 is 10.2. The summed E-state index contributed by atoms with van der Waals surface area (Å²) in [5, 5.41) is 17.6. The van der Waals surface area contributed by atoms with Crippen LogP contribution in [0.5, 0.6) is 0 Å². The summed E-state index contributed by atoms with van der Waals surface area (Å²) in [7, 11) is 0. The van der Waals surface area contributed by atoms with Gasteiger partial charge in [0.05, 0.1) is 13.2 Å². The van der Waals surface area contributed by atoms with E-state index in [1.54, 1.807) is 0 Å². The molecule has 4 atom stereocenters.